The SMILES string of the molecule is COc1ccc(C2CC(=O)N(c3ccc(Oc4ccccc4)cc3)C3=C2C(=O)CCC3)cc1. The van der Waals surface area contributed by atoms with Gasteiger partial charge in [-0.1, -0.05) is 30.3 Å². The largest absolute Gasteiger partial charge is 0.497 e. The van der Waals surface area contributed by atoms with Crippen molar-refractivity contribution >= 4 is 17.4 Å². The van der Waals surface area contributed by atoms with Gasteiger partial charge in [0.05, 0.1) is 7.11 Å². The Balaban J connectivity index is 1.48. The third-order valence-corrected chi connectivity index (χ3v) is 6.27. The summed E-state index contributed by atoms with van der Waals surface area (Å²) in [5.74, 6) is 2.12. The van der Waals surface area contributed by atoms with Crippen LogP contribution in [0.3, 0.4) is 0 Å². The summed E-state index contributed by atoms with van der Waals surface area (Å²) in [6, 6.07) is 24.7. The molecule has 1 amide bonds. The first kappa shape index (κ1) is 21.0. The second-order valence-electron chi connectivity index (χ2n) is 8.31. The third-order valence-electron chi connectivity index (χ3n) is 6.27. The zero-order valence-electron chi connectivity index (χ0n) is 18.5. The number of anilines is 1. The second-order valence-corrected chi connectivity index (χ2v) is 8.31. The van der Waals surface area contributed by atoms with Crippen molar-refractivity contribution in [2.75, 3.05) is 12.0 Å². The average molecular weight is 440 g/mol. The molecule has 1 atom stereocenters. The minimum Gasteiger partial charge on any atom is -0.497 e. The molecule has 2 aliphatic rings. The number of carbonyl (C=O) groups is 2. The third kappa shape index (κ3) is 4.14. The van der Waals surface area contributed by atoms with Gasteiger partial charge in [0.1, 0.15) is 17.2 Å². The molecule has 1 aliphatic carbocycles. The van der Waals surface area contributed by atoms with E-state index >= 15 is 0 Å². The van der Waals surface area contributed by atoms with Crippen molar-refractivity contribution in [3.05, 3.63) is 95.7 Å². The Bertz CT molecular complexity index is 1200. The summed E-state index contributed by atoms with van der Waals surface area (Å²) >= 11 is 0. The molecule has 5 nitrogen and oxygen atoms in total. The van der Waals surface area contributed by atoms with Crippen LogP contribution in [-0.2, 0) is 9.59 Å². The fourth-order valence-electron chi connectivity index (χ4n) is 4.70. The fourth-order valence-corrected chi connectivity index (χ4v) is 4.70. The average Bonchev–Trinajstić information content (AvgIpc) is 2.85. The number of hydrogen-bond donors (Lipinski definition) is 0. The second kappa shape index (κ2) is 8.94. The van der Waals surface area contributed by atoms with Crippen molar-refractivity contribution in [2.24, 2.45) is 0 Å². The zero-order valence-corrected chi connectivity index (χ0v) is 18.5. The predicted octanol–water partition coefficient (Wildman–Crippen LogP) is 6.02. The van der Waals surface area contributed by atoms with Crippen molar-refractivity contribution in [2.45, 2.75) is 31.6 Å². The van der Waals surface area contributed by atoms with Crippen LogP contribution in [0.2, 0.25) is 0 Å². The molecule has 3 aromatic carbocycles. The highest BCUT2D eigenvalue weighted by atomic mass is 16.5. The van der Waals surface area contributed by atoms with Gasteiger partial charge in [0.2, 0.25) is 5.91 Å². The highest BCUT2D eigenvalue weighted by Crippen LogP contribution is 2.43. The fraction of sp³-hybridized carbons (Fsp3) is 0.214. The Hall–Kier alpha value is -3.86. The summed E-state index contributed by atoms with van der Waals surface area (Å²) < 4.78 is 11.1. The van der Waals surface area contributed by atoms with Crippen LogP contribution >= 0.6 is 0 Å². The number of ketones is 1. The number of amides is 1. The van der Waals surface area contributed by atoms with E-state index in [9.17, 15) is 9.59 Å². The van der Waals surface area contributed by atoms with Crippen LogP contribution in [0.15, 0.2) is 90.1 Å². The molecule has 1 unspecified atom stereocenters. The van der Waals surface area contributed by atoms with E-state index in [1.807, 2.05) is 78.9 Å². The minimum atomic E-state index is -0.219. The van der Waals surface area contributed by atoms with Crippen molar-refractivity contribution in [1.82, 2.24) is 0 Å². The Morgan fingerprint density at radius 2 is 1.45 bits per heavy atom. The maximum Gasteiger partial charge on any atom is 0.232 e. The first-order valence-electron chi connectivity index (χ1n) is 11.2. The number of methoxy groups -OCH3 is 1. The van der Waals surface area contributed by atoms with Crippen LogP contribution in [0.25, 0.3) is 0 Å². The van der Waals surface area contributed by atoms with Crippen molar-refractivity contribution < 1.29 is 19.1 Å². The van der Waals surface area contributed by atoms with Gasteiger partial charge in [-0.05, 0) is 66.9 Å². The van der Waals surface area contributed by atoms with E-state index in [4.69, 9.17) is 9.47 Å². The molecule has 5 rings (SSSR count). The zero-order chi connectivity index (χ0) is 22.8. The van der Waals surface area contributed by atoms with Gasteiger partial charge in [0, 0.05) is 35.7 Å². The molecule has 3 aromatic rings. The van der Waals surface area contributed by atoms with Crippen molar-refractivity contribution in [3.8, 4) is 17.2 Å². The summed E-state index contributed by atoms with van der Waals surface area (Å²) in [6.45, 7) is 0. The van der Waals surface area contributed by atoms with Gasteiger partial charge in [-0.3, -0.25) is 14.5 Å². The molecule has 0 fully saturated rings. The Kier molecular flexibility index (Phi) is 5.69. The van der Waals surface area contributed by atoms with Gasteiger partial charge < -0.3 is 9.47 Å². The molecule has 0 bridgehead atoms. The molecule has 0 N–H and O–H groups in total. The molecule has 0 radical (unpaired) electrons. The Morgan fingerprint density at radius 1 is 0.788 bits per heavy atom. The van der Waals surface area contributed by atoms with E-state index in [-0.39, 0.29) is 24.0 Å². The lowest BCUT2D eigenvalue weighted by Gasteiger charge is -2.38. The Morgan fingerprint density at radius 3 is 2.15 bits per heavy atom. The molecule has 0 aromatic heterocycles. The van der Waals surface area contributed by atoms with E-state index in [0.29, 0.717) is 18.6 Å². The van der Waals surface area contributed by atoms with E-state index in [0.717, 1.165) is 40.4 Å². The van der Waals surface area contributed by atoms with Gasteiger partial charge in [-0.2, -0.15) is 0 Å². The quantitative estimate of drug-likeness (QED) is 0.488. The van der Waals surface area contributed by atoms with Crippen molar-refractivity contribution in [3.63, 3.8) is 0 Å². The molecular formula is C28H25NO4. The number of Topliss-reactive ketones (excluding diaryl/α,β-unsaturated/α-hetero) is 1. The van der Waals surface area contributed by atoms with Gasteiger partial charge >= 0.3 is 0 Å². The highest BCUT2D eigenvalue weighted by Gasteiger charge is 2.39. The number of allylic oxidation sites excluding steroid dienone is 2. The molecule has 0 saturated heterocycles. The minimum absolute atomic E-state index is 0.000922. The van der Waals surface area contributed by atoms with E-state index in [2.05, 4.69) is 0 Å². The van der Waals surface area contributed by atoms with Crippen LogP contribution < -0.4 is 14.4 Å². The first-order chi connectivity index (χ1) is 16.1. The summed E-state index contributed by atoms with van der Waals surface area (Å²) in [5, 5.41) is 0. The van der Waals surface area contributed by atoms with Gasteiger partial charge in [0.25, 0.3) is 0 Å². The summed E-state index contributed by atoms with van der Waals surface area (Å²) in [4.78, 5) is 28.1. The van der Waals surface area contributed by atoms with E-state index in [1.165, 1.54) is 0 Å². The lowest BCUT2D eigenvalue weighted by atomic mass is 9.77. The highest BCUT2D eigenvalue weighted by molar-refractivity contribution is 6.07. The van der Waals surface area contributed by atoms with E-state index < -0.39 is 0 Å². The van der Waals surface area contributed by atoms with Crippen LogP contribution in [0.1, 0.15) is 37.2 Å². The van der Waals surface area contributed by atoms with Crippen molar-refractivity contribution in [1.29, 1.82) is 0 Å². The number of nitrogens with zero attached hydrogens (tertiary/aromatic N) is 1. The molecule has 166 valence electrons. The smallest absolute Gasteiger partial charge is 0.232 e. The molecule has 1 heterocycles. The van der Waals surface area contributed by atoms with Gasteiger partial charge in [0.15, 0.2) is 5.78 Å². The van der Waals surface area contributed by atoms with Gasteiger partial charge in [-0.15, -0.1) is 0 Å². The molecule has 1 aliphatic heterocycles. The maximum absolute atomic E-state index is 13.4. The van der Waals surface area contributed by atoms with Crippen LogP contribution in [0.5, 0.6) is 17.2 Å². The van der Waals surface area contributed by atoms with E-state index in [1.54, 1.807) is 12.0 Å². The molecule has 33 heavy (non-hydrogen) atoms. The first-order valence-corrected chi connectivity index (χ1v) is 11.2. The van der Waals surface area contributed by atoms with Gasteiger partial charge in [-0.25, -0.2) is 0 Å². The lowest BCUT2D eigenvalue weighted by molar-refractivity contribution is -0.119. The number of hydrogen-bond acceptors (Lipinski definition) is 4. The van der Waals surface area contributed by atoms with Crippen LogP contribution in [-0.4, -0.2) is 18.8 Å². The maximum atomic E-state index is 13.4. The number of ether oxygens (including phenoxy) is 2. The standard InChI is InChI=1S/C28H25NO4/c1-32-21-14-10-19(11-15-21)24-18-27(31)29(25-8-5-9-26(30)28(24)25)20-12-16-23(17-13-20)33-22-6-3-2-4-7-22/h2-4,6-7,10-17,24H,5,8-9,18H2,1H3. The number of rotatable bonds is 5. The molecule has 0 spiro atoms. The topological polar surface area (TPSA) is 55.8 Å². The normalized spacial score (nSPS) is 18.2. The molecule has 5 heteroatoms. The monoisotopic (exact) mass is 439 g/mol. The number of carbonyl (C=O) groups excluding carboxylic acids is 2. The summed E-state index contributed by atoms with van der Waals surface area (Å²) in [7, 11) is 1.62. The number of para-hydroxylation sites is 1. The van der Waals surface area contributed by atoms with Crippen LogP contribution in [0.4, 0.5) is 5.69 Å². The molecular weight excluding hydrogens is 414 g/mol. The molecule has 0 saturated carbocycles. The summed E-state index contributed by atoms with van der Waals surface area (Å²) in [6.07, 6.45) is 2.25. The number of benzene rings is 3. The predicted molar refractivity (Wildman–Crippen MR) is 127 cm³/mol. The lowest BCUT2D eigenvalue weighted by Crippen LogP contribution is -2.40. The summed E-state index contributed by atoms with van der Waals surface area (Å²) in [5.41, 5.74) is 3.34. The Labute approximate surface area is 193 Å². The van der Waals surface area contributed by atoms with Crippen LogP contribution in [0, 0.1) is 0 Å².